The summed E-state index contributed by atoms with van der Waals surface area (Å²) in [5.41, 5.74) is -1.15. The average Bonchev–Trinajstić information content (AvgIpc) is 3.44. The molecule has 3 aromatic rings. The normalized spacial score (nSPS) is 14.2. The summed E-state index contributed by atoms with van der Waals surface area (Å²) < 4.78 is 86.1. The van der Waals surface area contributed by atoms with E-state index in [1.165, 1.54) is 24.1 Å². The Morgan fingerprint density at radius 3 is 2.13 bits per heavy atom. The van der Waals surface area contributed by atoms with Crippen molar-refractivity contribution in [2.75, 3.05) is 18.6 Å². The van der Waals surface area contributed by atoms with Crippen LogP contribution in [-0.4, -0.2) is 35.3 Å². The molecule has 1 amide bonds. The minimum atomic E-state index is -4.91. The van der Waals surface area contributed by atoms with Crippen LogP contribution in [0, 0.1) is 0 Å². The Balaban J connectivity index is 1.58. The highest BCUT2D eigenvalue weighted by Gasteiger charge is 2.44. The van der Waals surface area contributed by atoms with Gasteiger partial charge in [0.2, 0.25) is 0 Å². The molecule has 0 unspecified atom stereocenters. The second-order valence-electron chi connectivity index (χ2n) is 9.07. The predicted molar refractivity (Wildman–Crippen MR) is 128 cm³/mol. The molecule has 0 fully saturated rings. The fourth-order valence-corrected chi connectivity index (χ4v) is 4.35. The van der Waals surface area contributed by atoms with Crippen molar-refractivity contribution in [2.24, 2.45) is 0 Å². The van der Waals surface area contributed by atoms with Crippen molar-refractivity contribution in [2.45, 2.75) is 44.8 Å². The number of fused-ring (bicyclic) bond motifs is 1. The highest BCUT2D eigenvalue weighted by Crippen LogP contribution is 2.39. The quantitative estimate of drug-likeness (QED) is 0.323. The second-order valence-corrected chi connectivity index (χ2v) is 9.07. The van der Waals surface area contributed by atoms with Crippen molar-refractivity contribution >= 4 is 17.7 Å². The van der Waals surface area contributed by atoms with E-state index in [-0.39, 0.29) is 31.9 Å². The third-order valence-corrected chi connectivity index (χ3v) is 6.36. The summed E-state index contributed by atoms with van der Waals surface area (Å²) >= 11 is 0. The SMILES string of the molecule is COC(=O)Cc1ccc([C@H](C)NC(=O)c2c(C(F)(F)F)nn3c2N(Cc2ccc(C(F)(F)F)cc2)CC3)cc1. The van der Waals surface area contributed by atoms with Gasteiger partial charge in [-0.1, -0.05) is 36.4 Å². The van der Waals surface area contributed by atoms with Gasteiger partial charge in [0.15, 0.2) is 5.69 Å². The number of esters is 1. The first-order chi connectivity index (χ1) is 18.3. The van der Waals surface area contributed by atoms with Gasteiger partial charge in [-0.15, -0.1) is 0 Å². The van der Waals surface area contributed by atoms with Crippen LogP contribution < -0.4 is 10.2 Å². The van der Waals surface area contributed by atoms with Gasteiger partial charge in [0.1, 0.15) is 11.4 Å². The molecule has 0 aliphatic carbocycles. The van der Waals surface area contributed by atoms with Crippen LogP contribution in [0.15, 0.2) is 48.5 Å². The van der Waals surface area contributed by atoms with Crippen molar-refractivity contribution in [3.8, 4) is 0 Å². The zero-order valence-corrected chi connectivity index (χ0v) is 20.9. The van der Waals surface area contributed by atoms with Gasteiger partial charge in [-0.2, -0.15) is 31.4 Å². The number of aromatic nitrogens is 2. The third kappa shape index (κ3) is 6.18. The Labute approximate surface area is 219 Å². The molecule has 2 aromatic carbocycles. The molecule has 39 heavy (non-hydrogen) atoms. The van der Waals surface area contributed by atoms with Crippen molar-refractivity contribution in [3.05, 3.63) is 82.0 Å². The molecule has 1 atom stereocenters. The van der Waals surface area contributed by atoms with Gasteiger partial charge in [-0.25, -0.2) is 4.68 Å². The number of carbonyl (C=O) groups is 2. The number of carbonyl (C=O) groups excluding carboxylic acids is 2. The Morgan fingerprint density at radius 1 is 0.949 bits per heavy atom. The van der Waals surface area contributed by atoms with Crippen molar-refractivity contribution in [1.82, 2.24) is 15.1 Å². The highest BCUT2D eigenvalue weighted by molar-refractivity contribution is 6.01. The molecule has 7 nitrogen and oxygen atoms in total. The summed E-state index contributed by atoms with van der Waals surface area (Å²) in [5, 5.41) is 6.23. The lowest BCUT2D eigenvalue weighted by molar-refractivity contribution is -0.142. The molecule has 0 saturated heterocycles. The summed E-state index contributed by atoms with van der Waals surface area (Å²) in [6.07, 6.45) is -9.39. The van der Waals surface area contributed by atoms with E-state index in [1.807, 2.05) is 0 Å². The van der Waals surface area contributed by atoms with Crippen LogP contribution in [0.2, 0.25) is 0 Å². The van der Waals surface area contributed by atoms with E-state index in [0.29, 0.717) is 16.7 Å². The van der Waals surface area contributed by atoms with Crippen LogP contribution in [0.1, 0.15) is 51.3 Å². The number of amides is 1. The van der Waals surface area contributed by atoms with Crippen LogP contribution in [0.3, 0.4) is 0 Å². The molecule has 0 bridgehead atoms. The summed E-state index contributed by atoms with van der Waals surface area (Å²) in [6.45, 7) is 1.88. The predicted octanol–water partition coefficient (Wildman–Crippen LogP) is 5.15. The van der Waals surface area contributed by atoms with Gasteiger partial charge in [0, 0.05) is 13.1 Å². The number of ether oxygens (including phenoxy) is 1. The fraction of sp³-hybridized carbons (Fsp3) is 0.346. The van der Waals surface area contributed by atoms with E-state index in [1.54, 1.807) is 31.2 Å². The number of anilines is 1. The number of hydrogen-bond acceptors (Lipinski definition) is 5. The maximum Gasteiger partial charge on any atom is 0.436 e. The van der Waals surface area contributed by atoms with E-state index in [2.05, 4.69) is 15.2 Å². The van der Waals surface area contributed by atoms with Crippen LogP contribution in [-0.2, 0) is 41.4 Å². The Morgan fingerprint density at radius 2 is 1.56 bits per heavy atom. The fourth-order valence-electron chi connectivity index (χ4n) is 4.35. The maximum atomic E-state index is 13.9. The first kappa shape index (κ1) is 28.0. The number of benzene rings is 2. The standard InChI is InChI=1S/C26H24F6N4O3/c1-15(18-7-3-16(4-8-18)13-20(37)39-2)33-23(38)21-22(26(30,31)32)34-36-12-11-35(24(21)36)14-17-5-9-19(10-6-17)25(27,28)29/h3-10,15H,11-14H2,1-2H3,(H,33,38)/t15-/m0/s1. The number of hydrogen-bond donors (Lipinski definition) is 1. The number of rotatable bonds is 7. The van der Waals surface area contributed by atoms with Crippen molar-refractivity contribution in [1.29, 1.82) is 0 Å². The van der Waals surface area contributed by atoms with Crippen molar-refractivity contribution < 1.29 is 40.7 Å². The number of halogens is 6. The number of alkyl halides is 6. The molecule has 4 rings (SSSR count). The molecule has 0 saturated carbocycles. The topological polar surface area (TPSA) is 76.5 Å². The van der Waals surface area contributed by atoms with E-state index in [4.69, 9.17) is 0 Å². The molecule has 208 valence electrons. The molecule has 1 aromatic heterocycles. The smallest absolute Gasteiger partial charge is 0.436 e. The summed E-state index contributed by atoms with van der Waals surface area (Å²) in [4.78, 5) is 26.2. The van der Waals surface area contributed by atoms with Gasteiger partial charge >= 0.3 is 18.3 Å². The Hall–Kier alpha value is -4.03. The summed E-state index contributed by atoms with van der Waals surface area (Å²) in [6, 6.07) is 10.2. The highest BCUT2D eigenvalue weighted by atomic mass is 19.4. The van der Waals surface area contributed by atoms with Gasteiger partial charge in [-0.05, 0) is 35.7 Å². The lowest BCUT2D eigenvalue weighted by atomic mass is 10.0. The number of nitrogens with one attached hydrogen (secondary N) is 1. The largest absolute Gasteiger partial charge is 0.469 e. The molecule has 2 heterocycles. The first-order valence-corrected chi connectivity index (χ1v) is 11.8. The van der Waals surface area contributed by atoms with E-state index in [0.717, 1.165) is 16.8 Å². The molecular formula is C26H24F6N4O3. The number of methoxy groups -OCH3 is 1. The van der Waals surface area contributed by atoms with E-state index < -0.39 is 47.1 Å². The maximum absolute atomic E-state index is 13.9. The van der Waals surface area contributed by atoms with E-state index >= 15 is 0 Å². The van der Waals surface area contributed by atoms with Crippen molar-refractivity contribution in [3.63, 3.8) is 0 Å². The van der Waals surface area contributed by atoms with Crippen LogP contribution >= 0.6 is 0 Å². The van der Waals surface area contributed by atoms with Gasteiger partial charge in [0.25, 0.3) is 5.91 Å². The molecular weight excluding hydrogens is 530 g/mol. The minimum absolute atomic E-state index is 0.0153. The molecule has 0 radical (unpaired) electrons. The average molecular weight is 554 g/mol. The van der Waals surface area contributed by atoms with Gasteiger partial charge in [-0.3, -0.25) is 9.59 Å². The first-order valence-electron chi connectivity index (χ1n) is 11.8. The molecule has 0 spiro atoms. The second kappa shape index (κ2) is 10.6. The molecule has 1 aliphatic heterocycles. The molecule has 1 N–H and O–H groups in total. The Bertz CT molecular complexity index is 1350. The number of nitrogens with zero attached hydrogens (tertiary/aromatic N) is 3. The summed E-state index contributed by atoms with van der Waals surface area (Å²) in [5.74, 6) is -1.48. The van der Waals surface area contributed by atoms with Crippen LogP contribution in [0.5, 0.6) is 0 Å². The third-order valence-electron chi connectivity index (χ3n) is 6.36. The van der Waals surface area contributed by atoms with Gasteiger partial charge in [0.05, 0.1) is 31.7 Å². The monoisotopic (exact) mass is 554 g/mol. The van der Waals surface area contributed by atoms with E-state index in [9.17, 15) is 35.9 Å². The van der Waals surface area contributed by atoms with Crippen LogP contribution in [0.4, 0.5) is 32.2 Å². The lowest BCUT2D eigenvalue weighted by Gasteiger charge is -2.21. The lowest BCUT2D eigenvalue weighted by Crippen LogP contribution is -2.31. The summed E-state index contributed by atoms with van der Waals surface area (Å²) in [7, 11) is 1.27. The minimum Gasteiger partial charge on any atom is -0.469 e. The molecule has 13 heteroatoms. The molecule has 1 aliphatic rings. The zero-order chi connectivity index (χ0) is 28.5. The van der Waals surface area contributed by atoms with Crippen LogP contribution in [0.25, 0.3) is 0 Å². The Kier molecular flexibility index (Phi) is 7.62. The van der Waals surface area contributed by atoms with Gasteiger partial charge < -0.3 is 15.0 Å². The zero-order valence-electron chi connectivity index (χ0n) is 20.9.